The lowest BCUT2D eigenvalue weighted by atomic mass is 10.0. The van der Waals surface area contributed by atoms with E-state index in [1.807, 2.05) is 0 Å². The Morgan fingerprint density at radius 2 is 2.27 bits per heavy atom. The van der Waals surface area contributed by atoms with E-state index in [0.29, 0.717) is 0 Å². The van der Waals surface area contributed by atoms with Gasteiger partial charge in [0.1, 0.15) is 0 Å². The first-order valence-electron chi connectivity index (χ1n) is 3.80. The topological polar surface area (TPSA) is 36.3 Å². The molecule has 0 bridgehead atoms. The molecule has 3 heteroatoms. The molecule has 0 aliphatic carbocycles. The normalized spacial score (nSPS) is 28.5. The summed E-state index contributed by atoms with van der Waals surface area (Å²) in [5.74, 6) is 0. The lowest BCUT2D eigenvalue weighted by molar-refractivity contribution is 0.112. The van der Waals surface area contributed by atoms with Crippen LogP contribution in [0.3, 0.4) is 0 Å². The minimum Gasteiger partial charge on any atom is -0.379 e. The Hall–Kier alpha value is -0.750. The molecular weight excluding hydrogens is 140 g/mol. The van der Waals surface area contributed by atoms with Crippen LogP contribution in [0.2, 0.25) is 0 Å². The fourth-order valence-corrected chi connectivity index (χ4v) is 1.52. The molecule has 0 aromatic rings. The summed E-state index contributed by atoms with van der Waals surface area (Å²) in [6, 6.07) is 0. The largest absolute Gasteiger partial charge is 0.379 e. The van der Waals surface area contributed by atoms with Gasteiger partial charge in [0, 0.05) is 12.6 Å². The first-order valence-corrected chi connectivity index (χ1v) is 3.80. The minimum atomic E-state index is -0.0184. The molecule has 0 radical (unpaired) electrons. The van der Waals surface area contributed by atoms with Crippen molar-refractivity contribution in [2.24, 2.45) is 0 Å². The Kier molecular flexibility index (Phi) is 2.05. The van der Waals surface area contributed by atoms with Crippen molar-refractivity contribution in [3.8, 4) is 6.19 Å². The number of hydrogen-bond donors (Lipinski definition) is 0. The van der Waals surface area contributed by atoms with E-state index in [1.165, 1.54) is 0 Å². The molecule has 3 nitrogen and oxygen atoms in total. The van der Waals surface area contributed by atoms with E-state index in [9.17, 15) is 0 Å². The van der Waals surface area contributed by atoms with Crippen LogP contribution in [0.1, 0.15) is 20.3 Å². The van der Waals surface area contributed by atoms with Gasteiger partial charge in [-0.2, -0.15) is 5.26 Å². The first-order chi connectivity index (χ1) is 5.10. The van der Waals surface area contributed by atoms with E-state index in [1.54, 1.807) is 12.0 Å². The maximum Gasteiger partial charge on any atom is 0.179 e. The third-order valence-corrected chi connectivity index (χ3v) is 2.30. The molecule has 0 amide bonds. The summed E-state index contributed by atoms with van der Waals surface area (Å²) in [7, 11) is 1.70. The molecule has 0 saturated carbocycles. The van der Waals surface area contributed by atoms with Crippen LogP contribution in [-0.2, 0) is 4.74 Å². The van der Waals surface area contributed by atoms with Gasteiger partial charge >= 0.3 is 0 Å². The smallest absolute Gasteiger partial charge is 0.179 e. The van der Waals surface area contributed by atoms with Crippen LogP contribution in [0.15, 0.2) is 0 Å². The van der Waals surface area contributed by atoms with Crippen molar-refractivity contribution in [3.05, 3.63) is 0 Å². The van der Waals surface area contributed by atoms with Gasteiger partial charge < -0.3 is 9.64 Å². The Labute approximate surface area is 67.6 Å². The number of nitriles is 1. The molecule has 0 aromatic heterocycles. The molecule has 1 atom stereocenters. The average Bonchev–Trinajstić information content (AvgIpc) is 2.24. The fraction of sp³-hybridized carbons (Fsp3) is 0.875. The molecule has 62 valence electrons. The van der Waals surface area contributed by atoms with Gasteiger partial charge in [0.05, 0.1) is 12.6 Å². The maximum absolute atomic E-state index is 8.74. The van der Waals surface area contributed by atoms with E-state index >= 15 is 0 Å². The number of methoxy groups -OCH3 is 1. The van der Waals surface area contributed by atoms with Crippen molar-refractivity contribution in [2.75, 3.05) is 13.7 Å². The minimum absolute atomic E-state index is 0.0184. The standard InChI is InChI=1S/C8H14N2O/c1-8(2)4-7(11-3)5-10(8)6-9/h7H,4-5H2,1-3H3. The van der Waals surface area contributed by atoms with Crippen LogP contribution in [0.5, 0.6) is 0 Å². The van der Waals surface area contributed by atoms with Crippen LogP contribution in [0, 0.1) is 11.5 Å². The SMILES string of the molecule is COC1CN(C#N)C(C)(C)C1. The van der Waals surface area contributed by atoms with Crippen molar-refractivity contribution < 1.29 is 4.74 Å². The lowest BCUT2D eigenvalue weighted by Crippen LogP contribution is -2.33. The lowest BCUT2D eigenvalue weighted by Gasteiger charge is -2.24. The highest BCUT2D eigenvalue weighted by Gasteiger charge is 2.37. The molecule has 1 fully saturated rings. The van der Waals surface area contributed by atoms with Crippen LogP contribution in [0.25, 0.3) is 0 Å². The van der Waals surface area contributed by atoms with Crippen molar-refractivity contribution in [3.63, 3.8) is 0 Å². The molecule has 1 unspecified atom stereocenters. The van der Waals surface area contributed by atoms with Gasteiger partial charge in [0.2, 0.25) is 0 Å². The van der Waals surface area contributed by atoms with E-state index < -0.39 is 0 Å². The Morgan fingerprint density at radius 1 is 1.64 bits per heavy atom. The monoisotopic (exact) mass is 154 g/mol. The number of rotatable bonds is 1. The molecule has 1 saturated heterocycles. The number of nitrogens with zero attached hydrogens (tertiary/aromatic N) is 2. The summed E-state index contributed by atoms with van der Waals surface area (Å²) in [4.78, 5) is 1.78. The Bertz CT molecular complexity index is 183. The number of likely N-dealkylation sites (tertiary alicyclic amines) is 1. The quantitative estimate of drug-likeness (QED) is 0.528. The summed E-state index contributed by atoms with van der Waals surface area (Å²) < 4.78 is 5.19. The average molecular weight is 154 g/mol. The highest BCUT2D eigenvalue weighted by molar-refractivity contribution is 4.99. The van der Waals surface area contributed by atoms with Crippen LogP contribution in [0.4, 0.5) is 0 Å². The van der Waals surface area contributed by atoms with E-state index in [-0.39, 0.29) is 11.6 Å². The second kappa shape index (κ2) is 2.71. The molecule has 1 aliphatic heterocycles. The second-order valence-electron chi connectivity index (χ2n) is 3.58. The van der Waals surface area contributed by atoms with Gasteiger partial charge in [-0.05, 0) is 20.3 Å². The molecule has 11 heavy (non-hydrogen) atoms. The molecular formula is C8H14N2O. The molecule has 1 rings (SSSR count). The molecule has 0 spiro atoms. The van der Waals surface area contributed by atoms with Gasteiger partial charge in [-0.15, -0.1) is 0 Å². The van der Waals surface area contributed by atoms with Crippen molar-refractivity contribution >= 4 is 0 Å². The molecule has 1 heterocycles. The summed E-state index contributed by atoms with van der Waals surface area (Å²) in [5.41, 5.74) is -0.0184. The molecule has 1 aliphatic rings. The van der Waals surface area contributed by atoms with Crippen LogP contribution < -0.4 is 0 Å². The van der Waals surface area contributed by atoms with E-state index in [4.69, 9.17) is 10.00 Å². The summed E-state index contributed by atoms with van der Waals surface area (Å²) in [5, 5.41) is 8.74. The van der Waals surface area contributed by atoms with Gasteiger partial charge in [-0.25, -0.2) is 0 Å². The molecule has 0 aromatic carbocycles. The van der Waals surface area contributed by atoms with Crippen LogP contribution in [-0.4, -0.2) is 30.2 Å². The zero-order valence-electron chi connectivity index (χ0n) is 7.29. The summed E-state index contributed by atoms with van der Waals surface area (Å²) in [6.07, 6.45) is 3.34. The Morgan fingerprint density at radius 3 is 2.55 bits per heavy atom. The summed E-state index contributed by atoms with van der Waals surface area (Å²) >= 11 is 0. The summed E-state index contributed by atoms with van der Waals surface area (Å²) in [6.45, 7) is 4.87. The van der Waals surface area contributed by atoms with Crippen molar-refractivity contribution in [2.45, 2.75) is 31.9 Å². The van der Waals surface area contributed by atoms with Gasteiger partial charge in [0.25, 0.3) is 0 Å². The van der Waals surface area contributed by atoms with Crippen molar-refractivity contribution in [1.29, 1.82) is 5.26 Å². The third-order valence-electron chi connectivity index (χ3n) is 2.30. The predicted molar refractivity (Wildman–Crippen MR) is 41.8 cm³/mol. The van der Waals surface area contributed by atoms with Crippen LogP contribution >= 0.6 is 0 Å². The van der Waals surface area contributed by atoms with Gasteiger partial charge in [-0.1, -0.05) is 0 Å². The number of ether oxygens (including phenoxy) is 1. The fourth-order valence-electron chi connectivity index (χ4n) is 1.52. The third kappa shape index (κ3) is 1.46. The predicted octanol–water partition coefficient (Wildman–Crippen LogP) is 0.967. The number of hydrogen-bond acceptors (Lipinski definition) is 3. The highest BCUT2D eigenvalue weighted by atomic mass is 16.5. The van der Waals surface area contributed by atoms with E-state index in [0.717, 1.165) is 13.0 Å². The van der Waals surface area contributed by atoms with Gasteiger partial charge in [0.15, 0.2) is 6.19 Å². The first kappa shape index (κ1) is 8.35. The maximum atomic E-state index is 8.74. The zero-order valence-corrected chi connectivity index (χ0v) is 7.29. The molecule has 0 N–H and O–H groups in total. The zero-order chi connectivity index (χ0) is 8.48. The van der Waals surface area contributed by atoms with Crippen molar-refractivity contribution in [1.82, 2.24) is 4.90 Å². The van der Waals surface area contributed by atoms with E-state index in [2.05, 4.69) is 20.0 Å². The van der Waals surface area contributed by atoms with Gasteiger partial charge in [-0.3, -0.25) is 0 Å². The second-order valence-corrected chi connectivity index (χ2v) is 3.58. The highest BCUT2D eigenvalue weighted by Crippen LogP contribution is 2.28. The Balaban J connectivity index is 2.65.